The molecule has 0 bridgehead atoms. The zero-order valence-electron chi connectivity index (χ0n) is 9.81. The number of carbonyl (C=O) groups excluding carboxylic acids is 2. The van der Waals surface area contributed by atoms with Gasteiger partial charge >= 0.3 is 0 Å². The van der Waals surface area contributed by atoms with Crippen molar-refractivity contribution in [3.05, 3.63) is 0 Å². The van der Waals surface area contributed by atoms with Crippen LogP contribution in [0.5, 0.6) is 0 Å². The molecule has 16 heavy (non-hydrogen) atoms. The normalized spacial score (nSPS) is 10.8. The molecule has 0 heterocycles. The zero-order chi connectivity index (χ0) is 12.4. The number of halogens is 2. The van der Waals surface area contributed by atoms with Crippen LogP contribution in [0.25, 0.3) is 0 Å². The number of unbranched alkanes of at least 4 members (excludes halogenated alkanes) is 3. The Morgan fingerprint density at radius 3 is 1.88 bits per heavy atom. The first kappa shape index (κ1) is 16.3. The molecule has 0 aromatic rings. The fraction of sp³-hybridized carbons (Fsp3) is 0.833. The summed E-state index contributed by atoms with van der Waals surface area (Å²) >= 11 is 6.68. The minimum absolute atomic E-state index is 0.109. The van der Waals surface area contributed by atoms with Crippen LogP contribution >= 0.6 is 31.9 Å². The molecule has 0 aliphatic rings. The summed E-state index contributed by atoms with van der Waals surface area (Å²) in [6.45, 7) is 1.63. The van der Waals surface area contributed by atoms with Gasteiger partial charge in [0.1, 0.15) is 11.6 Å². The number of carbonyl (C=O) groups is 2. The van der Waals surface area contributed by atoms with E-state index in [1.165, 1.54) is 0 Å². The predicted octanol–water partition coefficient (Wildman–Crippen LogP) is 3.89. The second-order valence-electron chi connectivity index (χ2n) is 4.09. The summed E-state index contributed by atoms with van der Waals surface area (Å²) in [4.78, 5) is 22.3. The maximum Gasteiger partial charge on any atom is 0.137 e. The first-order valence-electron chi connectivity index (χ1n) is 5.76. The van der Waals surface area contributed by atoms with Gasteiger partial charge in [0, 0.05) is 29.4 Å². The minimum atomic E-state index is 0.109. The molecule has 0 fully saturated rings. The summed E-state index contributed by atoms with van der Waals surface area (Å²) in [6, 6.07) is 0. The number of hydrogen-bond donors (Lipinski definition) is 0. The molecule has 0 unspecified atom stereocenters. The van der Waals surface area contributed by atoms with Gasteiger partial charge in [-0.15, -0.1) is 0 Å². The number of alkyl halides is 2. The molecule has 0 N–H and O–H groups in total. The van der Waals surface area contributed by atoms with E-state index >= 15 is 0 Å². The quantitative estimate of drug-likeness (QED) is 0.440. The molecule has 0 radical (unpaired) electrons. The topological polar surface area (TPSA) is 34.1 Å². The zero-order valence-corrected chi connectivity index (χ0v) is 13.0. The predicted molar refractivity (Wildman–Crippen MR) is 74.5 cm³/mol. The number of hydrogen-bond acceptors (Lipinski definition) is 2. The smallest absolute Gasteiger partial charge is 0.137 e. The standard InChI is InChI=1S/C12H20Br2O2/c1-10(15)6-4-2-3-5-7-12(16)11(8-13)9-14/h11H,2-9H2,1H3. The van der Waals surface area contributed by atoms with Crippen molar-refractivity contribution in [2.45, 2.75) is 45.4 Å². The third kappa shape index (κ3) is 8.45. The molecule has 0 rings (SSSR count). The maximum absolute atomic E-state index is 11.6. The summed E-state index contributed by atoms with van der Waals surface area (Å²) in [5.74, 6) is 0.701. The van der Waals surface area contributed by atoms with E-state index in [0.717, 1.165) is 36.3 Å². The molecule has 4 heteroatoms. The maximum atomic E-state index is 11.6. The highest BCUT2D eigenvalue weighted by Crippen LogP contribution is 2.13. The fourth-order valence-corrected chi connectivity index (χ4v) is 3.24. The van der Waals surface area contributed by atoms with Crippen LogP contribution in [0.1, 0.15) is 45.4 Å². The highest BCUT2D eigenvalue weighted by atomic mass is 79.9. The SMILES string of the molecule is CC(=O)CCCCCCC(=O)C(CBr)CBr. The van der Waals surface area contributed by atoms with Crippen LogP contribution in [-0.4, -0.2) is 22.2 Å². The Bertz CT molecular complexity index is 213. The van der Waals surface area contributed by atoms with Crippen molar-refractivity contribution < 1.29 is 9.59 Å². The average Bonchev–Trinajstić information content (AvgIpc) is 2.24. The van der Waals surface area contributed by atoms with Gasteiger partial charge < -0.3 is 4.79 Å². The molecular weight excluding hydrogens is 336 g/mol. The van der Waals surface area contributed by atoms with Crippen molar-refractivity contribution in [3.8, 4) is 0 Å². The van der Waals surface area contributed by atoms with Crippen LogP contribution in [-0.2, 0) is 9.59 Å². The number of Topliss-reactive ketones (excluding diaryl/α,β-unsaturated/α-hetero) is 2. The Balaban J connectivity index is 3.44. The van der Waals surface area contributed by atoms with Crippen molar-refractivity contribution in [2.75, 3.05) is 10.7 Å². The summed E-state index contributed by atoms with van der Waals surface area (Å²) < 4.78 is 0. The molecule has 0 aromatic heterocycles. The van der Waals surface area contributed by atoms with Crippen LogP contribution in [0, 0.1) is 5.92 Å². The first-order chi connectivity index (χ1) is 7.61. The Kier molecular flexibility index (Phi) is 10.6. The molecule has 0 amide bonds. The molecule has 0 saturated heterocycles. The lowest BCUT2D eigenvalue weighted by Crippen LogP contribution is -2.17. The van der Waals surface area contributed by atoms with Crippen molar-refractivity contribution in [2.24, 2.45) is 5.92 Å². The van der Waals surface area contributed by atoms with E-state index in [4.69, 9.17) is 0 Å². The molecule has 0 aromatic carbocycles. The molecule has 2 nitrogen and oxygen atoms in total. The summed E-state index contributed by atoms with van der Waals surface area (Å²) in [5.41, 5.74) is 0. The van der Waals surface area contributed by atoms with E-state index < -0.39 is 0 Å². The molecular formula is C12H20Br2O2. The lowest BCUT2D eigenvalue weighted by atomic mass is 10.0. The third-order valence-electron chi connectivity index (χ3n) is 2.53. The van der Waals surface area contributed by atoms with Crippen molar-refractivity contribution in [1.29, 1.82) is 0 Å². The molecule has 94 valence electrons. The van der Waals surface area contributed by atoms with Crippen LogP contribution < -0.4 is 0 Å². The van der Waals surface area contributed by atoms with E-state index in [1.54, 1.807) is 6.92 Å². The van der Waals surface area contributed by atoms with Crippen LogP contribution in [0.3, 0.4) is 0 Å². The van der Waals surface area contributed by atoms with Gasteiger partial charge in [0.15, 0.2) is 0 Å². The molecule has 0 spiro atoms. The fourth-order valence-electron chi connectivity index (χ4n) is 1.44. The second-order valence-corrected chi connectivity index (χ2v) is 5.38. The number of ketones is 2. The Labute approximate surface area is 115 Å². The van der Waals surface area contributed by atoms with Crippen LogP contribution in [0.15, 0.2) is 0 Å². The van der Waals surface area contributed by atoms with Crippen LogP contribution in [0.2, 0.25) is 0 Å². The second kappa shape index (κ2) is 10.5. The average molecular weight is 356 g/mol. The largest absolute Gasteiger partial charge is 0.300 e. The highest BCUT2D eigenvalue weighted by Gasteiger charge is 2.14. The van der Waals surface area contributed by atoms with E-state index in [1.807, 2.05) is 0 Å². The molecule has 0 aliphatic carbocycles. The van der Waals surface area contributed by atoms with Gasteiger partial charge in [0.2, 0.25) is 0 Å². The summed E-state index contributed by atoms with van der Waals surface area (Å²) in [6.07, 6.45) is 5.37. The minimum Gasteiger partial charge on any atom is -0.300 e. The molecule has 0 atom stereocenters. The number of rotatable bonds is 10. The highest BCUT2D eigenvalue weighted by molar-refractivity contribution is 9.09. The van der Waals surface area contributed by atoms with Gasteiger partial charge in [0.05, 0.1) is 0 Å². The van der Waals surface area contributed by atoms with E-state index in [9.17, 15) is 9.59 Å². The van der Waals surface area contributed by atoms with Gasteiger partial charge in [-0.3, -0.25) is 4.79 Å². The summed E-state index contributed by atoms with van der Waals surface area (Å²) in [5, 5.41) is 1.48. The van der Waals surface area contributed by atoms with E-state index in [-0.39, 0.29) is 11.7 Å². The summed E-state index contributed by atoms with van der Waals surface area (Å²) in [7, 11) is 0. The Hall–Kier alpha value is 0.300. The monoisotopic (exact) mass is 354 g/mol. The van der Waals surface area contributed by atoms with Gasteiger partial charge in [-0.2, -0.15) is 0 Å². The van der Waals surface area contributed by atoms with Crippen molar-refractivity contribution >= 4 is 43.4 Å². The Morgan fingerprint density at radius 2 is 1.44 bits per heavy atom. The van der Waals surface area contributed by atoms with Crippen LogP contribution in [0.4, 0.5) is 0 Å². The van der Waals surface area contributed by atoms with Crippen molar-refractivity contribution in [3.63, 3.8) is 0 Å². The van der Waals surface area contributed by atoms with Gasteiger partial charge in [-0.05, 0) is 19.8 Å². The third-order valence-corrected chi connectivity index (χ3v) is 4.09. The van der Waals surface area contributed by atoms with E-state index in [0.29, 0.717) is 18.6 Å². The Morgan fingerprint density at radius 1 is 0.938 bits per heavy atom. The van der Waals surface area contributed by atoms with Gasteiger partial charge in [-0.25, -0.2) is 0 Å². The van der Waals surface area contributed by atoms with Crippen molar-refractivity contribution in [1.82, 2.24) is 0 Å². The van der Waals surface area contributed by atoms with E-state index in [2.05, 4.69) is 31.9 Å². The molecule has 0 saturated carbocycles. The lowest BCUT2D eigenvalue weighted by molar-refractivity contribution is -0.121. The first-order valence-corrected chi connectivity index (χ1v) is 8.00. The molecule has 0 aliphatic heterocycles. The van der Waals surface area contributed by atoms with Gasteiger partial charge in [0.25, 0.3) is 0 Å². The van der Waals surface area contributed by atoms with Gasteiger partial charge in [-0.1, -0.05) is 44.7 Å². The lowest BCUT2D eigenvalue weighted by Gasteiger charge is -2.08.